The number of esters is 2. The molecule has 0 bridgehead atoms. The Bertz CT molecular complexity index is 1430. The Morgan fingerprint density at radius 2 is 1.40 bits per heavy atom. The molecule has 0 unspecified atom stereocenters. The normalized spacial score (nSPS) is 22.3. The molecule has 13 heteroatoms. The van der Waals surface area contributed by atoms with Crippen molar-refractivity contribution in [1.82, 2.24) is 9.80 Å². The number of carbonyl (C=O) groups excluding carboxylic acids is 4. The monoisotopic (exact) mass is 616 g/mol. The van der Waals surface area contributed by atoms with E-state index in [-0.39, 0.29) is 36.2 Å². The molecule has 0 radical (unpaired) electrons. The second-order valence-electron chi connectivity index (χ2n) is 11.6. The number of nitrogens with zero attached hydrogens (tertiary/aromatic N) is 2. The SMILES string of the molecule is COC(=O)c1ccc([C@@H]2CCN(C(=O)[C@@H]3CCCN3C(=O)OC(C)(C)C)[C@@]2(c2ccc(C(=O)OC)cc2)P(=O)(O)O)cc1. The van der Waals surface area contributed by atoms with Gasteiger partial charge in [0.05, 0.1) is 25.3 Å². The first-order valence-electron chi connectivity index (χ1n) is 13.9. The first kappa shape index (κ1) is 32.2. The van der Waals surface area contributed by atoms with Gasteiger partial charge < -0.3 is 28.9 Å². The Hall–Kier alpha value is -3.73. The first-order valence-corrected chi connectivity index (χ1v) is 15.5. The summed E-state index contributed by atoms with van der Waals surface area (Å²) in [5.41, 5.74) is 0.204. The van der Waals surface area contributed by atoms with E-state index < -0.39 is 54.4 Å². The molecule has 2 aliphatic heterocycles. The average molecular weight is 617 g/mol. The molecule has 232 valence electrons. The van der Waals surface area contributed by atoms with E-state index in [9.17, 15) is 33.5 Å². The van der Waals surface area contributed by atoms with Crippen LogP contribution in [0.15, 0.2) is 48.5 Å². The van der Waals surface area contributed by atoms with Crippen molar-refractivity contribution >= 4 is 31.5 Å². The van der Waals surface area contributed by atoms with Crippen LogP contribution in [-0.2, 0) is 28.9 Å². The molecule has 0 saturated carbocycles. The summed E-state index contributed by atoms with van der Waals surface area (Å²) in [5.74, 6) is -2.73. The highest BCUT2D eigenvalue weighted by Gasteiger charge is 2.64. The molecule has 4 rings (SSSR count). The summed E-state index contributed by atoms with van der Waals surface area (Å²) >= 11 is 0. The number of ether oxygens (including phenoxy) is 3. The van der Waals surface area contributed by atoms with Crippen LogP contribution in [0, 0.1) is 0 Å². The number of hydrogen-bond donors (Lipinski definition) is 2. The highest BCUT2D eigenvalue weighted by Crippen LogP contribution is 2.68. The van der Waals surface area contributed by atoms with Crippen LogP contribution in [0.1, 0.15) is 77.8 Å². The summed E-state index contributed by atoms with van der Waals surface area (Å²) in [7, 11) is -2.77. The highest BCUT2D eigenvalue weighted by atomic mass is 31.2. The molecule has 2 amide bonds. The number of methoxy groups -OCH3 is 2. The number of rotatable bonds is 6. The van der Waals surface area contributed by atoms with Gasteiger partial charge in [0, 0.05) is 19.0 Å². The lowest BCUT2D eigenvalue weighted by Crippen LogP contribution is -2.54. The number of carbonyl (C=O) groups is 4. The van der Waals surface area contributed by atoms with Crippen molar-refractivity contribution < 1.29 is 47.7 Å². The summed E-state index contributed by atoms with van der Waals surface area (Å²) in [6.45, 7) is 5.38. The predicted molar refractivity (Wildman–Crippen MR) is 154 cm³/mol. The van der Waals surface area contributed by atoms with Gasteiger partial charge in [-0.25, -0.2) is 14.4 Å². The Morgan fingerprint density at radius 3 is 1.88 bits per heavy atom. The first-order chi connectivity index (χ1) is 20.2. The lowest BCUT2D eigenvalue weighted by Gasteiger charge is -2.44. The molecular weight excluding hydrogens is 579 g/mol. The van der Waals surface area contributed by atoms with E-state index in [4.69, 9.17) is 14.2 Å². The van der Waals surface area contributed by atoms with Crippen LogP contribution in [0.4, 0.5) is 4.79 Å². The second-order valence-corrected chi connectivity index (χ2v) is 13.4. The lowest BCUT2D eigenvalue weighted by atomic mass is 9.85. The fourth-order valence-corrected chi connectivity index (χ4v) is 7.74. The summed E-state index contributed by atoms with van der Waals surface area (Å²) < 4.78 is 28.9. The smallest absolute Gasteiger partial charge is 0.410 e. The van der Waals surface area contributed by atoms with Gasteiger partial charge in [0.1, 0.15) is 11.6 Å². The summed E-state index contributed by atoms with van der Waals surface area (Å²) in [5, 5.41) is -2.19. The maximum absolute atomic E-state index is 14.3. The molecule has 0 aliphatic carbocycles. The molecule has 2 aromatic rings. The standard InChI is InChI=1S/C30H37N2O10P/c1-29(2,3)42-28(36)31-17-6-7-24(31)25(33)32-18-16-23(19-8-10-20(11-9-19)26(34)40-4)30(32,43(37,38)39)22-14-12-21(13-15-22)27(35)41-5/h8-15,23-24H,6-7,16-18H2,1-5H3,(H2,37,38,39)/t23-,24-,30-/m0/s1. The zero-order valence-electron chi connectivity index (χ0n) is 24.8. The summed E-state index contributed by atoms with van der Waals surface area (Å²) in [6.07, 6.45) is 0.304. The average Bonchev–Trinajstić information content (AvgIpc) is 3.62. The van der Waals surface area contributed by atoms with Crippen molar-refractivity contribution in [1.29, 1.82) is 0 Å². The highest BCUT2D eigenvalue weighted by molar-refractivity contribution is 7.53. The van der Waals surface area contributed by atoms with Gasteiger partial charge in [-0.2, -0.15) is 0 Å². The summed E-state index contributed by atoms with van der Waals surface area (Å²) in [6, 6.07) is 10.8. The molecule has 2 saturated heterocycles. The molecule has 2 aliphatic rings. The third kappa shape index (κ3) is 6.04. The van der Waals surface area contributed by atoms with Crippen LogP contribution in [0.5, 0.6) is 0 Å². The maximum Gasteiger partial charge on any atom is 0.410 e. The molecule has 43 heavy (non-hydrogen) atoms. The molecule has 0 aromatic heterocycles. The van der Waals surface area contributed by atoms with Crippen molar-refractivity contribution in [2.45, 2.75) is 62.9 Å². The Labute approximate surface area is 250 Å². The van der Waals surface area contributed by atoms with E-state index in [1.54, 1.807) is 32.9 Å². The van der Waals surface area contributed by atoms with Crippen molar-refractivity contribution in [3.63, 3.8) is 0 Å². The third-order valence-electron chi connectivity index (χ3n) is 7.88. The number of hydrogen-bond acceptors (Lipinski definition) is 8. The van der Waals surface area contributed by atoms with Gasteiger partial charge >= 0.3 is 25.6 Å². The quantitative estimate of drug-likeness (QED) is 0.276. The van der Waals surface area contributed by atoms with Gasteiger partial charge in [-0.15, -0.1) is 0 Å². The minimum Gasteiger partial charge on any atom is -0.465 e. The predicted octanol–water partition coefficient (Wildman–Crippen LogP) is 4.01. The largest absolute Gasteiger partial charge is 0.465 e. The fourth-order valence-electron chi connectivity index (χ4n) is 6.06. The van der Waals surface area contributed by atoms with E-state index in [0.717, 1.165) is 0 Å². The second kappa shape index (κ2) is 12.1. The van der Waals surface area contributed by atoms with Crippen molar-refractivity contribution in [2.75, 3.05) is 27.3 Å². The van der Waals surface area contributed by atoms with Crippen LogP contribution in [0.25, 0.3) is 0 Å². The Kier molecular flexibility index (Phi) is 9.06. The van der Waals surface area contributed by atoms with Gasteiger partial charge in [-0.3, -0.25) is 14.3 Å². The molecule has 2 N–H and O–H groups in total. The van der Waals surface area contributed by atoms with Crippen molar-refractivity contribution in [2.24, 2.45) is 0 Å². The van der Waals surface area contributed by atoms with Gasteiger partial charge in [-0.05, 0) is 75.4 Å². The van der Waals surface area contributed by atoms with Gasteiger partial charge in [-0.1, -0.05) is 24.3 Å². The topological polar surface area (TPSA) is 160 Å². The zero-order valence-corrected chi connectivity index (χ0v) is 25.7. The molecule has 2 fully saturated rings. The molecule has 0 spiro atoms. The Balaban J connectivity index is 1.86. The molecule has 12 nitrogen and oxygen atoms in total. The lowest BCUT2D eigenvalue weighted by molar-refractivity contribution is -0.138. The van der Waals surface area contributed by atoms with Crippen molar-refractivity contribution in [3.05, 3.63) is 70.8 Å². The van der Waals surface area contributed by atoms with E-state index in [2.05, 4.69) is 0 Å². The molecular formula is C30H37N2O10P. The van der Waals surface area contributed by atoms with E-state index >= 15 is 0 Å². The van der Waals surface area contributed by atoms with Crippen LogP contribution in [-0.4, -0.2) is 82.5 Å². The van der Waals surface area contributed by atoms with Gasteiger partial charge in [0.2, 0.25) is 5.91 Å². The minimum atomic E-state index is -5.23. The maximum atomic E-state index is 14.3. The fraction of sp³-hybridized carbons (Fsp3) is 0.467. The van der Waals surface area contributed by atoms with Crippen LogP contribution in [0.3, 0.4) is 0 Å². The van der Waals surface area contributed by atoms with Crippen LogP contribution in [0.2, 0.25) is 0 Å². The van der Waals surface area contributed by atoms with Gasteiger partial charge in [0.25, 0.3) is 0 Å². The molecule has 2 aromatic carbocycles. The zero-order chi connectivity index (χ0) is 31.7. The Morgan fingerprint density at radius 1 is 0.860 bits per heavy atom. The number of benzene rings is 2. The number of likely N-dealkylation sites (tertiary alicyclic amines) is 2. The van der Waals surface area contributed by atoms with E-state index in [1.165, 1.54) is 60.4 Å². The van der Waals surface area contributed by atoms with Crippen molar-refractivity contribution in [3.8, 4) is 0 Å². The minimum absolute atomic E-state index is 0.0230. The van der Waals surface area contributed by atoms with Crippen LogP contribution >= 0.6 is 7.60 Å². The van der Waals surface area contributed by atoms with E-state index in [0.29, 0.717) is 18.4 Å². The van der Waals surface area contributed by atoms with E-state index in [1.807, 2.05) is 0 Å². The van der Waals surface area contributed by atoms with Gasteiger partial charge in [0.15, 0.2) is 5.28 Å². The molecule has 2 heterocycles. The van der Waals surface area contributed by atoms with Crippen LogP contribution < -0.4 is 0 Å². The summed E-state index contributed by atoms with van der Waals surface area (Å²) in [4.78, 5) is 76.5. The molecule has 3 atom stereocenters. The number of amides is 2. The third-order valence-corrected chi connectivity index (χ3v) is 9.58.